The van der Waals surface area contributed by atoms with Crippen molar-refractivity contribution >= 4 is 17.7 Å². The number of rotatable bonds is 6. The minimum atomic E-state index is -0.122. The summed E-state index contributed by atoms with van der Waals surface area (Å²) in [5.74, 6) is 1.33. The largest absolute Gasteiger partial charge is 0.481 e. The van der Waals surface area contributed by atoms with Crippen molar-refractivity contribution in [2.45, 2.75) is 13.3 Å². The Hall–Kier alpha value is -2.70. The number of nitrogens with zero attached hydrogens (tertiary/aromatic N) is 3. The highest BCUT2D eigenvalue weighted by atomic mass is 16.5. The Morgan fingerprint density at radius 3 is 2.90 bits per heavy atom. The molecule has 0 aliphatic heterocycles. The highest BCUT2D eigenvalue weighted by Gasteiger charge is 2.04. The summed E-state index contributed by atoms with van der Waals surface area (Å²) in [5, 5.41) is 5.70. The van der Waals surface area contributed by atoms with Crippen molar-refractivity contribution in [2.75, 3.05) is 24.3 Å². The number of carbonyl (C=O) groups excluding carboxylic acids is 1. The van der Waals surface area contributed by atoms with Gasteiger partial charge >= 0.3 is 0 Å². The molecular formula is C14H17N5O2. The highest BCUT2D eigenvalue weighted by Crippen LogP contribution is 2.07. The first-order valence-corrected chi connectivity index (χ1v) is 6.52. The molecule has 1 amide bonds. The molecule has 2 N–H and O–H groups in total. The molecule has 0 aliphatic rings. The third kappa shape index (κ3) is 4.72. The predicted molar refractivity (Wildman–Crippen MR) is 79.3 cm³/mol. The van der Waals surface area contributed by atoms with Gasteiger partial charge in [0.2, 0.25) is 17.7 Å². The van der Waals surface area contributed by atoms with E-state index in [0.717, 1.165) is 5.69 Å². The molecule has 0 aliphatic carbocycles. The van der Waals surface area contributed by atoms with E-state index in [2.05, 4.69) is 25.6 Å². The fraction of sp³-hybridized carbons (Fsp3) is 0.286. The molecule has 2 heterocycles. The number of aryl methyl sites for hydroxylation is 1. The number of hydrogen-bond acceptors (Lipinski definition) is 6. The first kappa shape index (κ1) is 14.7. The number of carbonyl (C=O) groups is 1. The standard InChI is InChI=1S/C14H17N5O2/c1-10-4-3-5-11(17-10)18-12(20)6-8-15-14-16-9-7-13(19-14)21-2/h3-5,7,9H,6,8H2,1-2H3,(H,15,16,19)(H,17,18,20). The minimum absolute atomic E-state index is 0.122. The molecule has 7 heteroatoms. The van der Waals surface area contributed by atoms with Crippen LogP contribution in [-0.2, 0) is 4.79 Å². The zero-order valence-electron chi connectivity index (χ0n) is 12.0. The van der Waals surface area contributed by atoms with Crippen LogP contribution < -0.4 is 15.4 Å². The summed E-state index contributed by atoms with van der Waals surface area (Å²) >= 11 is 0. The molecule has 2 aromatic heterocycles. The molecule has 0 radical (unpaired) electrons. The number of nitrogens with one attached hydrogen (secondary N) is 2. The summed E-state index contributed by atoms with van der Waals surface area (Å²) in [6, 6.07) is 7.13. The molecule has 0 saturated heterocycles. The normalized spacial score (nSPS) is 10.0. The van der Waals surface area contributed by atoms with E-state index in [1.807, 2.05) is 19.1 Å². The fourth-order valence-corrected chi connectivity index (χ4v) is 1.65. The predicted octanol–water partition coefficient (Wildman–Crippen LogP) is 1.63. The van der Waals surface area contributed by atoms with Crippen LogP contribution in [0.3, 0.4) is 0 Å². The van der Waals surface area contributed by atoms with E-state index in [9.17, 15) is 4.79 Å². The van der Waals surface area contributed by atoms with Crippen LogP contribution in [0.2, 0.25) is 0 Å². The molecule has 2 rings (SSSR count). The monoisotopic (exact) mass is 287 g/mol. The van der Waals surface area contributed by atoms with Crippen molar-refractivity contribution in [3.05, 3.63) is 36.2 Å². The van der Waals surface area contributed by atoms with Gasteiger partial charge in [-0.25, -0.2) is 9.97 Å². The van der Waals surface area contributed by atoms with Crippen molar-refractivity contribution in [2.24, 2.45) is 0 Å². The SMILES string of the molecule is COc1ccnc(NCCC(=O)Nc2cccc(C)n2)n1. The Bertz CT molecular complexity index is 618. The molecule has 0 spiro atoms. The van der Waals surface area contributed by atoms with Crippen LogP contribution in [0, 0.1) is 6.92 Å². The van der Waals surface area contributed by atoms with Crippen LogP contribution in [0.1, 0.15) is 12.1 Å². The molecule has 0 fully saturated rings. The van der Waals surface area contributed by atoms with Gasteiger partial charge in [0.15, 0.2) is 0 Å². The number of methoxy groups -OCH3 is 1. The molecule has 110 valence electrons. The topological polar surface area (TPSA) is 89.0 Å². The van der Waals surface area contributed by atoms with Gasteiger partial charge in [-0.2, -0.15) is 4.98 Å². The lowest BCUT2D eigenvalue weighted by Gasteiger charge is -2.07. The number of pyridine rings is 1. The molecule has 0 aromatic carbocycles. The fourth-order valence-electron chi connectivity index (χ4n) is 1.65. The van der Waals surface area contributed by atoms with Gasteiger partial charge in [0.05, 0.1) is 7.11 Å². The van der Waals surface area contributed by atoms with E-state index < -0.39 is 0 Å². The first-order valence-electron chi connectivity index (χ1n) is 6.52. The quantitative estimate of drug-likeness (QED) is 0.839. The third-order valence-corrected chi connectivity index (χ3v) is 2.63. The summed E-state index contributed by atoms with van der Waals surface area (Å²) in [6.45, 7) is 2.29. The van der Waals surface area contributed by atoms with Gasteiger partial charge in [0.1, 0.15) is 5.82 Å². The van der Waals surface area contributed by atoms with Gasteiger partial charge in [-0.05, 0) is 19.1 Å². The van der Waals surface area contributed by atoms with Crippen molar-refractivity contribution in [3.8, 4) is 5.88 Å². The van der Waals surface area contributed by atoms with E-state index in [1.54, 1.807) is 18.3 Å². The number of anilines is 2. The van der Waals surface area contributed by atoms with E-state index >= 15 is 0 Å². The van der Waals surface area contributed by atoms with Crippen molar-refractivity contribution < 1.29 is 9.53 Å². The van der Waals surface area contributed by atoms with Crippen LogP contribution in [0.4, 0.5) is 11.8 Å². The minimum Gasteiger partial charge on any atom is -0.481 e. The van der Waals surface area contributed by atoms with Crippen LogP contribution >= 0.6 is 0 Å². The molecule has 0 saturated carbocycles. The van der Waals surface area contributed by atoms with Crippen molar-refractivity contribution in [1.82, 2.24) is 15.0 Å². The van der Waals surface area contributed by atoms with Gasteiger partial charge < -0.3 is 15.4 Å². The lowest BCUT2D eigenvalue weighted by Crippen LogP contribution is -2.17. The summed E-state index contributed by atoms with van der Waals surface area (Å²) in [7, 11) is 1.54. The maximum absolute atomic E-state index is 11.8. The smallest absolute Gasteiger partial charge is 0.227 e. The van der Waals surface area contributed by atoms with Crippen molar-refractivity contribution in [1.29, 1.82) is 0 Å². The van der Waals surface area contributed by atoms with Gasteiger partial charge in [0.25, 0.3) is 0 Å². The Morgan fingerprint density at radius 1 is 1.29 bits per heavy atom. The van der Waals surface area contributed by atoms with Crippen LogP contribution in [0.15, 0.2) is 30.5 Å². The molecule has 0 unspecified atom stereocenters. The van der Waals surface area contributed by atoms with Crippen LogP contribution in [0.25, 0.3) is 0 Å². The molecule has 0 bridgehead atoms. The molecule has 2 aromatic rings. The zero-order chi connectivity index (χ0) is 15.1. The van der Waals surface area contributed by atoms with Gasteiger partial charge in [-0.15, -0.1) is 0 Å². The van der Waals surface area contributed by atoms with Gasteiger partial charge in [-0.3, -0.25) is 4.79 Å². The summed E-state index contributed by atoms with van der Waals surface area (Å²) in [6.07, 6.45) is 1.88. The average molecular weight is 287 g/mol. The second-order valence-electron chi connectivity index (χ2n) is 4.31. The maximum atomic E-state index is 11.8. The molecule has 21 heavy (non-hydrogen) atoms. The lowest BCUT2D eigenvalue weighted by atomic mass is 10.3. The molecule has 7 nitrogen and oxygen atoms in total. The highest BCUT2D eigenvalue weighted by molar-refractivity contribution is 5.89. The first-order chi connectivity index (χ1) is 10.2. The molecule has 0 atom stereocenters. The Kier molecular flexibility index (Phi) is 5.03. The van der Waals surface area contributed by atoms with Gasteiger partial charge in [-0.1, -0.05) is 6.07 Å². The Morgan fingerprint density at radius 2 is 2.14 bits per heavy atom. The van der Waals surface area contributed by atoms with Crippen LogP contribution in [-0.4, -0.2) is 34.5 Å². The Balaban J connectivity index is 1.79. The van der Waals surface area contributed by atoms with E-state index in [1.165, 1.54) is 7.11 Å². The third-order valence-electron chi connectivity index (χ3n) is 2.63. The second kappa shape index (κ2) is 7.18. The van der Waals surface area contributed by atoms with E-state index in [0.29, 0.717) is 24.2 Å². The maximum Gasteiger partial charge on any atom is 0.227 e. The summed E-state index contributed by atoms with van der Waals surface area (Å²) in [4.78, 5) is 24.1. The zero-order valence-corrected chi connectivity index (χ0v) is 12.0. The van der Waals surface area contributed by atoms with Crippen molar-refractivity contribution in [3.63, 3.8) is 0 Å². The second-order valence-corrected chi connectivity index (χ2v) is 4.31. The number of amides is 1. The molecular weight excluding hydrogens is 270 g/mol. The summed E-state index contributed by atoms with van der Waals surface area (Å²) < 4.78 is 4.99. The van der Waals surface area contributed by atoms with E-state index in [4.69, 9.17) is 4.74 Å². The van der Waals surface area contributed by atoms with E-state index in [-0.39, 0.29) is 12.3 Å². The number of aromatic nitrogens is 3. The number of hydrogen-bond donors (Lipinski definition) is 2. The lowest BCUT2D eigenvalue weighted by molar-refractivity contribution is -0.116. The Labute approximate surface area is 122 Å². The summed E-state index contributed by atoms with van der Waals surface area (Å²) in [5.41, 5.74) is 0.857. The average Bonchev–Trinajstić information content (AvgIpc) is 2.47. The number of ether oxygens (including phenoxy) is 1. The van der Waals surface area contributed by atoms with Crippen LogP contribution in [0.5, 0.6) is 5.88 Å². The van der Waals surface area contributed by atoms with Gasteiger partial charge in [0, 0.05) is 30.9 Å².